The van der Waals surface area contributed by atoms with Crippen LogP contribution in [0.2, 0.25) is 0 Å². The van der Waals surface area contributed by atoms with Crippen LogP contribution in [0.3, 0.4) is 0 Å². The molecule has 0 spiro atoms. The SMILES string of the molecule is CC(=O)C(N)(CCCC(C)(C)N)C(=O)O. The molecule has 1 atom stereocenters. The molecule has 0 bridgehead atoms. The first-order valence-corrected chi connectivity index (χ1v) is 4.92. The molecule has 0 aliphatic carbocycles. The second kappa shape index (κ2) is 4.72. The number of carbonyl (C=O) groups is 2. The molecule has 0 rings (SSSR count). The summed E-state index contributed by atoms with van der Waals surface area (Å²) < 4.78 is 0. The van der Waals surface area contributed by atoms with Crippen LogP contribution in [0.5, 0.6) is 0 Å². The average molecular weight is 216 g/mol. The lowest BCUT2D eigenvalue weighted by Gasteiger charge is -2.24. The fourth-order valence-corrected chi connectivity index (χ4v) is 1.26. The van der Waals surface area contributed by atoms with Gasteiger partial charge in [0.1, 0.15) is 0 Å². The van der Waals surface area contributed by atoms with Crippen LogP contribution in [0.4, 0.5) is 0 Å². The molecule has 0 saturated heterocycles. The molecule has 0 saturated carbocycles. The zero-order valence-electron chi connectivity index (χ0n) is 9.54. The summed E-state index contributed by atoms with van der Waals surface area (Å²) in [6.45, 7) is 4.89. The first-order valence-electron chi connectivity index (χ1n) is 4.92. The molecule has 0 aliphatic heterocycles. The van der Waals surface area contributed by atoms with Gasteiger partial charge in [0.25, 0.3) is 0 Å². The summed E-state index contributed by atoms with van der Waals surface area (Å²) in [7, 11) is 0. The van der Waals surface area contributed by atoms with Crippen LogP contribution in [-0.4, -0.2) is 27.9 Å². The molecule has 0 amide bonds. The molecule has 0 radical (unpaired) electrons. The third kappa shape index (κ3) is 4.40. The number of carboxylic acids is 1. The normalized spacial score (nSPS) is 15.8. The lowest BCUT2D eigenvalue weighted by Crippen LogP contribution is -2.54. The maximum absolute atomic E-state index is 11.1. The summed E-state index contributed by atoms with van der Waals surface area (Å²) in [5, 5.41) is 8.86. The van der Waals surface area contributed by atoms with Crippen molar-refractivity contribution in [1.29, 1.82) is 0 Å². The number of carboxylic acid groups (broad SMARTS) is 1. The number of nitrogens with two attached hydrogens (primary N) is 2. The van der Waals surface area contributed by atoms with Crippen molar-refractivity contribution in [3.63, 3.8) is 0 Å². The van der Waals surface area contributed by atoms with Gasteiger partial charge in [-0.3, -0.25) is 4.79 Å². The van der Waals surface area contributed by atoms with E-state index in [1.54, 1.807) is 0 Å². The van der Waals surface area contributed by atoms with Crippen LogP contribution in [-0.2, 0) is 9.59 Å². The second-order valence-corrected chi connectivity index (χ2v) is 4.67. The van der Waals surface area contributed by atoms with E-state index in [1.165, 1.54) is 6.92 Å². The number of Topliss-reactive ketones (excluding diaryl/α,β-unsaturated/α-hetero) is 1. The van der Waals surface area contributed by atoms with Gasteiger partial charge in [-0.2, -0.15) is 0 Å². The van der Waals surface area contributed by atoms with Crippen molar-refractivity contribution < 1.29 is 14.7 Å². The minimum atomic E-state index is -1.76. The molecule has 5 N–H and O–H groups in total. The Bertz CT molecular complexity index is 242. The lowest BCUT2D eigenvalue weighted by molar-refractivity contribution is -0.148. The van der Waals surface area contributed by atoms with Gasteiger partial charge in [0.2, 0.25) is 0 Å². The Morgan fingerprint density at radius 1 is 1.20 bits per heavy atom. The van der Waals surface area contributed by atoms with Crippen LogP contribution >= 0.6 is 0 Å². The summed E-state index contributed by atoms with van der Waals surface area (Å²) in [6, 6.07) is 0. The van der Waals surface area contributed by atoms with Crippen molar-refractivity contribution in [1.82, 2.24) is 0 Å². The summed E-state index contributed by atoms with van der Waals surface area (Å²) in [5.74, 6) is -1.80. The summed E-state index contributed by atoms with van der Waals surface area (Å²) in [4.78, 5) is 22.0. The molecule has 1 unspecified atom stereocenters. The van der Waals surface area contributed by atoms with E-state index >= 15 is 0 Å². The Morgan fingerprint density at radius 3 is 1.93 bits per heavy atom. The van der Waals surface area contributed by atoms with Crippen molar-refractivity contribution in [2.45, 2.75) is 51.1 Å². The highest BCUT2D eigenvalue weighted by Crippen LogP contribution is 2.17. The summed E-state index contributed by atoms with van der Waals surface area (Å²) in [5.41, 5.74) is 9.14. The second-order valence-electron chi connectivity index (χ2n) is 4.67. The number of hydrogen-bond acceptors (Lipinski definition) is 4. The van der Waals surface area contributed by atoms with E-state index in [9.17, 15) is 9.59 Å². The molecule has 0 fully saturated rings. The quantitative estimate of drug-likeness (QED) is 0.552. The molecule has 15 heavy (non-hydrogen) atoms. The zero-order chi connectivity index (χ0) is 12.3. The molecule has 0 aromatic rings. The van der Waals surface area contributed by atoms with E-state index in [0.717, 1.165) is 0 Å². The molecule has 5 heteroatoms. The number of carbonyl (C=O) groups excluding carboxylic acids is 1. The molecule has 0 aromatic carbocycles. The highest BCUT2D eigenvalue weighted by atomic mass is 16.4. The van der Waals surface area contributed by atoms with Crippen LogP contribution < -0.4 is 11.5 Å². The fourth-order valence-electron chi connectivity index (χ4n) is 1.26. The van der Waals surface area contributed by atoms with Crippen LogP contribution in [0, 0.1) is 0 Å². The lowest BCUT2D eigenvalue weighted by atomic mass is 9.87. The minimum Gasteiger partial charge on any atom is -0.480 e. The van der Waals surface area contributed by atoms with E-state index in [0.29, 0.717) is 12.8 Å². The molecular weight excluding hydrogens is 196 g/mol. The van der Waals surface area contributed by atoms with Gasteiger partial charge in [0.15, 0.2) is 11.3 Å². The van der Waals surface area contributed by atoms with E-state index in [4.69, 9.17) is 16.6 Å². The monoisotopic (exact) mass is 216 g/mol. The molecular formula is C10H20N2O3. The first-order chi connectivity index (χ1) is 6.59. The maximum Gasteiger partial charge on any atom is 0.331 e. The fraction of sp³-hybridized carbons (Fsp3) is 0.800. The molecule has 0 heterocycles. The predicted octanol–water partition coefficient (Wildman–Crippen LogP) is 0.265. The van der Waals surface area contributed by atoms with Gasteiger partial charge in [0, 0.05) is 5.54 Å². The highest BCUT2D eigenvalue weighted by Gasteiger charge is 2.38. The Balaban J connectivity index is 4.34. The number of aliphatic carboxylic acids is 1. The zero-order valence-corrected chi connectivity index (χ0v) is 9.54. The Labute approximate surface area is 89.8 Å². The topological polar surface area (TPSA) is 106 Å². The predicted molar refractivity (Wildman–Crippen MR) is 57.4 cm³/mol. The van der Waals surface area contributed by atoms with E-state index in [2.05, 4.69) is 0 Å². The Kier molecular flexibility index (Phi) is 4.42. The molecule has 0 aromatic heterocycles. The maximum atomic E-state index is 11.1. The van der Waals surface area contributed by atoms with Crippen molar-refractivity contribution in [2.24, 2.45) is 11.5 Å². The Hall–Kier alpha value is -0.940. The van der Waals surface area contributed by atoms with E-state index < -0.39 is 17.3 Å². The third-order valence-corrected chi connectivity index (χ3v) is 2.40. The summed E-state index contributed by atoms with van der Waals surface area (Å²) >= 11 is 0. The van der Waals surface area contributed by atoms with Crippen molar-refractivity contribution >= 4 is 11.8 Å². The van der Waals surface area contributed by atoms with Gasteiger partial charge >= 0.3 is 5.97 Å². The van der Waals surface area contributed by atoms with Gasteiger partial charge in [0.05, 0.1) is 0 Å². The number of hydrogen-bond donors (Lipinski definition) is 3. The first kappa shape index (κ1) is 14.1. The Morgan fingerprint density at radius 2 is 1.67 bits per heavy atom. The molecule has 88 valence electrons. The van der Waals surface area contributed by atoms with Gasteiger partial charge in [-0.25, -0.2) is 4.79 Å². The van der Waals surface area contributed by atoms with Crippen molar-refractivity contribution in [2.75, 3.05) is 0 Å². The van der Waals surface area contributed by atoms with Crippen molar-refractivity contribution in [3.05, 3.63) is 0 Å². The van der Waals surface area contributed by atoms with E-state index in [-0.39, 0.29) is 12.0 Å². The average Bonchev–Trinajstić information content (AvgIpc) is 2.00. The third-order valence-electron chi connectivity index (χ3n) is 2.40. The van der Waals surface area contributed by atoms with Crippen molar-refractivity contribution in [3.8, 4) is 0 Å². The highest BCUT2D eigenvalue weighted by molar-refractivity contribution is 6.06. The van der Waals surface area contributed by atoms with Gasteiger partial charge in [-0.15, -0.1) is 0 Å². The number of ketones is 1. The standard InChI is InChI=1S/C10H20N2O3/c1-7(13)10(12,8(14)15)6-4-5-9(2,3)11/h4-6,11-12H2,1-3H3,(H,14,15). The molecule has 0 aliphatic rings. The minimum absolute atomic E-state index is 0.123. The van der Waals surface area contributed by atoms with Crippen LogP contribution in [0.1, 0.15) is 40.0 Å². The largest absolute Gasteiger partial charge is 0.480 e. The van der Waals surface area contributed by atoms with Gasteiger partial charge in [-0.1, -0.05) is 0 Å². The smallest absolute Gasteiger partial charge is 0.331 e. The van der Waals surface area contributed by atoms with Gasteiger partial charge in [-0.05, 0) is 40.0 Å². The number of rotatable bonds is 6. The summed E-state index contributed by atoms with van der Waals surface area (Å²) in [6.07, 6.45) is 1.27. The van der Waals surface area contributed by atoms with Crippen LogP contribution in [0.25, 0.3) is 0 Å². The van der Waals surface area contributed by atoms with Crippen LogP contribution in [0.15, 0.2) is 0 Å². The van der Waals surface area contributed by atoms with Gasteiger partial charge < -0.3 is 16.6 Å². The molecule has 5 nitrogen and oxygen atoms in total. The van der Waals surface area contributed by atoms with E-state index in [1.807, 2.05) is 13.8 Å².